The van der Waals surface area contributed by atoms with Crippen molar-refractivity contribution < 1.29 is 14.3 Å². The van der Waals surface area contributed by atoms with E-state index >= 15 is 0 Å². The van der Waals surface area contributed by atoms with Crippen molar-refractivity contribution in [2.45, 2.75) is 13.3 Å². The molecule has 0 spiro atoms. The molecule has 0 radical (unpaired) electrons. The number of rotatable bonds is 6. The molecule has 0 aliphatic heterocycles. The second-order valence-corrected chi connectivity index (χ2v) is 6.12. The van der Waals surface area contributed by atoms with Gasteiger partial charge in [0.1, 0.15) is 5.69 Å². The molecule has 1 amide bonds. The minimum atomic E-state index is -0.121. The van der Waals surface area contributed by atoms with Gasteiger partial charge < -0.3 is 25.1 Å². The molecule has 2 aromatic heterocycles. The van der Waals surface area contributed by atoms with Crippen molar-refractivity contribution in [3.8, 4) is 11.5 Å². The fraction of sp³-hybridized carbons (Fsp3) is 0.368. The van der Waals surface area contributed by atoms with E-state index in [0.29, 0.717) is 36.7 Å². The summed E-state index contributed by atoms with van der Waals surface area (Å²) in [7, 11) is 4.95. The van der Waals surface area contributed by atoms with Crippen LogP contribution in [0.4, 0.5) is 0 Å². The average molecular weight is 356 g/mol. The average Bonchev–Trinajstić information content (AvgIpc) is 3.02. The normalized spacial score (nSPS) is 11.1. The number of nitrogens with zero attached hydrogens (tertiary/aromatic N) is 2. The number of amides is 1. The fourth-order valence-electron chi connectivity index (χ4n) is 3.29. The number of aromatic amines is 1. The summed E-state index contributed by atoms with van der Waals surface area (Å²) >= 11 is 0. The molecule has 0 fully saturated rings. The molecule has 0 atom stereocenters. The van der Waals surface area contributed by atoms with E-state index in [1.165, 1.54) is 0 Å². The lowest BCUT2D eigenvalue weighted by Gasteiger charge is -2.17. The largest absolute Gasteiger partial charge is 0.493 e. The molecule has 26 heavy (non-hydrogen) atoms. The van der Waals surface area contributed by atoms with E-state index in [9.17, 15) is 4.79 Å². The number of aryl methyl sites for hydroxylation is 1. The minimum absolute atomic E-state index is 0.121. The summed E-state index contributed by atoms with van der Waals surface area (Å²) in [5.74, 6) is 1.17. The molecular formula is C19H24N4O3. The van der Waals surface area contributed by atoms with Gasteiger partial charge in [0.15, 0.2) is 11.5 Å². The number of nitrogens with one attached hydrogen (secondary N) is 1. The number of ether oxygens (including phenoxy) is 2. The lowest BCUT2D eigenvalue weighted by molar-refractivity contribution is 0.0792. The maximum absolute atomic E-state index is 12.8. The molecule has 0 aliphatic rings. The first-order chi connectivity index (χ1) is 12.5. The summed E-state index contributed by atoms with van der Waals surface area (Å²) in [6.45, 7) is 2.92. The number of pyridine rings is 1. The van der Waals surface area contributed by atoms with Crippen LogP contribution in [0, 0.1) is 0 Å². The Morgan fingerprint density at radius 2 is 1.92 bits per heavy atom. The van der Waals surface area contributed by atoms with E-state index in [1.54, 1.807) is 32.4 Å². The number of nitrogens with two attached hydrogens (primary N) is 1. The maximum atomic E-state index is 12.8. The Kier molecular flexibility index (Phi) is 4.99. The molecule has 138 valence electrons. The van der Waals surface area contributed by atoms with Crippen LogP contribution in [0.15, 0.2) is 18.3 Å². The van der Waals surface area contributed by atoms with Crippen molar-refractivity contribution in [1.29, 1.82) is 0 Å². The predicted octanol–water partition coefficient (Wildman–Crippen LogP) is 2.33. The third-order valence-corrected chi connectivity index (χ3v) is 4.61. The van der Waals surface area contributed by atoms with E-state index in [1.807, 2.05) is 19.1 Å². The van der Waals surface area contributed by atoms with Crippen molar-refractivity contribution in [2.24, 2.45) is 5.73 Å². The topological polar surface area (TPSA) is 93.5 Å². The summed E-state index contributed by atoms with van der Waals surface area (Å²) in [5, 5.41) is 1.97. The third-order valence-electron chi connectivity index (χ3n) is 4.61. The Morgan fingerprint density at radius 3 is 2.54 bits per heavy atom. The van der Waals surface area contributed by atoms with Crippen LogP contribution in [0.5, 0.6) is 11.5 Å². The Labute approximate surface area is 152 Å². The lowest BCUT2D eigenvalue weighted by atomic mass is 10.0. The van der Waals surface area contributed by atoms with Gasteiger partial charge in [0.25, 0.3) is 5.91 Å². The maximum Gasteiger partial charge on any atom is 0.272 e. The molecule has 3 aromatic rings. The van der Waals surface area contributed by atoms with Gasteiger partial charge in [-0.25, -0.2) is 4.98 Å². The summed E-state index contributed by atoms with van der Waals surface area (Å²) in [6.07, 6.45) is 2.39. The highest BCUT2D eigenvalue weighted by atomic mass is 16.5. The van der Waals surface area contributed by atoms with Crippen LogP contribution >= 0.6 is 0 Å². The first-order valence-electron chi connectivity index (χ1n) is 8.56. The third kappa shape index (κ3) is 2.84. The van der Waals surface area contributed by atoms with Gasteiger partial charge in [0.2, 0.25) is 0 Å². The van der Waals surface area contributed by atoms with Crippen LogP contribution in [-0.4, -0.2) is 55.1 Å². The van der Waals surface area contributed by atoms with Gasteiger partial charge in [-0.1, -0.05) is 6.92 Å². The zero-order chi connectivity index (χ0) is 18.8. The summed E-state index contributed by atoms with van der Waals surface area (Å²) in [4.78, 5) is 22.2. The van der Waals surface area contributed by atoms with Crippen LogP contribution in [0.2, 0.25) is 0 Å². The van der Waals surface area contributed by atoms with E-state index in [-0.39, 0.29) is 5.91 Å². The van der Waals surface area contributed by atoms with Crippen LogP contribution in [0.1, 0.15) is 23.0 Å². The van der Waals surface area contributed by atoms with E-state index < -0.39 is 0 Å². The van der Waals surface area contributed by atoms with E-state index in [2.05, 4.69) is 9.97 Å². The standard InChI is InChI=1S/C19H24N4O3/c1-5-11-17-12-8-15(25-3)16(26-4)9-13(12)22-14(17)10-21-18(11)19(24)23(2)7-6-20/h8-10,22H,5-7,20H2,1-4H3. The van der Waals surface area contributed by atoms with Crippen LogP contribution < -0.4 is 15.2 Å². The van der Waals surface area contributed by atoms with Gasteiger partial charge in [-0.3, -0.25) is 4.79 Å². The van der Waals surface area contributed by atoms with Crippen molar-refractivity contribution in [3.63, 3.8) is 0 Å². The fourth-order valence-corrected chi connectivity index (χ4v) is 3.29. The molecular weight excluding hydrogens is 332 g/mol. The SMILES string of the molecule is CCc1c(C(=O)N(C)CCN)ncc2[nH]c3cc(OC)c(OC)cc3c12. The number of hydrogen-bond donors (Lipinski definition) is 2. The highest BCUT2D eigenvalue weighted by Gasteiger charge is 2.21. The molecule has 7 heteroatoms. The molecule has 2 heterocycles. The van der Waals surface area contributed by atoms with Gasteiger partial charge in [0.05, 0.1) is 31.4 Å². The van der Waals surface area contributed by atoms with Crippen molar-refractivity contribution >= 4 is 27.7 Å². The van der Waals surface area contributed by atoms with Gasteiger partial charge >= 0.3 is 0 Å². The molecule has 3 rings (SSSR count). The Balaban J connectivity index is 2.28. The number of carbonyl (C=O) groups excluding carboxylic acids is 1. The van der Waals surface area contributed by atoms with Gasteiger partial charge in [0, 0.05) is 37.0 Å². The quantitative estimate of drug-likeness (QED) is 0.707. The number of likely N-dealkylation sites (N-methyl/N-ethyl adjacent to an activating group) is 1. The van der Waals surface area contributed by atoms with Crippen molar-refractivity contribution in [2.75, 3.05) is 34.4 Å². The Morgan fingerprint density at radius 1 is 1.23 bits per heavy atom. The number of methoxy groups -OCH3 is 2. The predicted molar refractivity (Wildman–Crippen MR) is 102 cm³/mol. The monoisotopic (exact) mass is 356 g/mol. The van der Waals surface area contributed by atoms with E-state index in [4.69, 9.17) is 15.2 Å². The summed E-state index contributed by atoms with van der Waals surface area (Å²) in [5.41, 5.74) is 8.75. The molecule has 3 N–H and O–H groups in total. The van der Waals surface area contributed by atoms with Gasteiger partial charge in [-0.15, -0.1) is 0 Å². The zero-order valence-electron chi connectivity index (χ0n) is 15.5. The molecule has 7 nitrogen and oxygen atoms in total. The van der Waals surface area contributed by atoms with Crippen molar-refractivity contribution in [3.05, 3.63) is 29.6 Å². The zero-order valence-corrected chi connectivity index (χ0v) is 15.5. The first-order valence-corrected chi connectivity index (χ1v) is 8.56. The molecule has 0 saturated carbocycles. The van der Waals surface area contributed by atoms with E-state index in [0.717, 1.165) is 27.4 Å². The summed E-state index contributed by atoms with van der Waals surface area (Å²) in [6, 6.07) is 3.83. The highest BCUT2D eigenvalue weighted by Crippen LogP contribution is 2.37. The number of fused-ring (bicyclic) bond motifs is 3. The summed E-state index contributed by atoms with van der Waals surface area (Å²) < 4.78 is 10.8. The number of aromatic nitrogens is 2. The first kappa shape index (κ1) is 18.0. The number of benzene rings is 1. The molecule has 0 aliphatic carbocycles. The van der Waals surface area contributed by atoms with Crippen LogP contribution in [0.3, 0.4) is 0 Å². The number of hydrogen-bond acceptors (Lipinski definition) is 5. The molecule has 0 saturated heterocycles. The van der Waals surface area contributed by atoms with Crippen molar-refractivity contribution in [1.82, 2.24) is 14.9 Å². The lowest BCUT2D eigenvalue weighted by Crippen LogP contribution is -2.32. The number of H-pyrrole nitrogens is 1. The number of carbonyl (C=O) groups is 1. The van der Waals surface area contributed by atoms with Gasteiger partial charge in [-0.05, 0) is 18.1 Å². The molecule has 0 unspecified atom stereocenters. The van der Waals surface area contributed by atoms with Gasteiger partial charge in [-0.2, -0.15) is 0 Å². The minimum Gasteiger partial charge on any atom is -0.493 e. The Hall–Kier alpha value is -2.80. The van der Waals surface area contributed by atoms with Crippen LogP contribution in [0.25, 0.3) is 21.8 Å². The second kappa shape index (κ2) is 7.21. The smallest absolute Gasteiger partial charge is 0.272 e. The highest BCUT2D eigenvalue weighted by molar-refractivity contribution is 6.12. The Bertz CT molecular complexity index is 964. The second-order valence-electron chi connectivity index (χ2n) is 6.12. The molecule has 0 bridgehead atoms. The molecule has 1 aromatic carbocycles. The van der Waals surface area contributed by atoms with Crippen LogP contribution in [-0.2, 0) is 6.42 Å².